The molecule has 14 N–H and O–H groups in total. The molecular formula is C12H22N4O12S3. The van der Waals surface area contributed by atoms with E-state index in [1.807, 2.05) is 24.3 Å². The topological polar surface area (TPSA) is 328 Å². The van der Waals surface area contributed by atoms with E-state index in [4.69, 9.17) is 75.5 Å². The van der Waals surface area contributed by atoms with Gasteiger partial charge < -0.3 is 22.9 Å². The molecule has 2 aromatic rings. The lowest BCUT2D eigenvalue weighted by molar-refractivity contribution is 0.378. The van der Waals surface area contributed by atoms with Crippen LogP contribution in [0.4, 0.5) is 22.7 Å². The Morgan fingerprint density at radius 2 is 0.516 bits per heavy atom. The van der Waals surface area contributed by atoms with Gasteiger partial charge in [-0.15, -0.1) is 0 Å². The lowest BCUT2D eigenvalue weighted by Crippen LogP contribution is -1.91. The third-order valence-electron chi connectivity index (χ3n) is 1.99. The number of nitrogen functional groups attached to an aromatic ring is 4. The second-order valence-corrected chi connectivity index (χ2v) is 7.29. The van der Waals surface area contributed by atoms with Gasteiger partial charge in [-0.1, -0.05) is 24.3 Å². The number of para-hydroxylation sites is 4. The molecule has 2 aromatic carbocycles. The quantitative estimate of drug-likeness (QED) is 0.161. The van der Waals surface area contributed by atoms with Crippen molar-refractivity contribution in [2.45, 2.75) is 0 Å². The van der Waals surface area contributed by atoms with Crippen molar-refractivity contribution in [3.63, 3.8) is 0 Å². The SMILES string of the molecule is Nc1ccccc1N.Nc1ccccc1N.O=S(=O)(O)O.O=S(=O)(O)O.O=S(=O)(O)O. The highest BCUT2D eigenvalue weighted by atomic mass is 32.3. The van der Waals surface area contributed by atoms with Crippen LogP contribution in [0.3, 0.4) is 0 Å². The molecule has 0 aromatic heterocycles. The minimum atomic E-state index is -4.67. The van der Waals surface area contributed by atoms with Crippen LogP contribution < -0.4 is 22.9 Å². The van der Waals surface area contributed by atoms with Crippen molar-refractivity contribution in [2.75, 3.05) is 22.9 Å². The third-order valence-corrected chi connectivity index (χ3v) is 1.99. The van der Waals surface area contributed by atoms with E-state index in [-0.39, 0.29) is 0 Å². The van der Waals surface area contributed by atoms with Crippen LogP contribution in [-0.2, 0) is 31.2 Å². The highest BCUT2D eigenvalue weighted by Gasteiger charge is 1.87. The standard InChI is InChI=1S/2C6H8N2.3H2O4S/c2*7-5-3-1-2-4-6(5)8;3*1-5(2,3)4/h2*1-4H,7-8H2;3*(H2,1,2,3,4). The van der Waals surface area contributed by atoms with Crippen molar-refractivity contribution in [1.29, 1.82) is 0 Å². The van der Waals surface area contributed by atoms with E-state index in [1.165, 1.54) is 0 Å². The summed E-state index contributed by atoms with van der Waals surface area (Å²) in [5.74, 6) is 0. The van der Waals surface area contributed by atoms with Gasteiger partial charge in [-0.2, -0.15) is 25.3 Å². The monoisotopic (exact) mass is 510 g/mol. The van der Waals surface area contributed by atoms with Gasteiger partial charge in [-0.3, -0.25) is 27.3 Å². The number of anilines is 4. The van der Waals surface area contributed by atoms with Crippen LogP contribution in [-0.4, -0.2) is 52.6 Å². The molecule has 0 spiro atoms. The fourth-order valence-electron chi connectivity index (χ4n) is 1.02. The maximum atomic E-state index is 8.74. The molecule has 0 saturated carbocycles. The molecule has 19 heteroatoms. The van der Waals surface area contributed by atoms with Gasteiger partial charge in [-0.05, 0) is 24.3 Å². The summed E-state index contributed by atoms with van der Waals surface area (Å²) in [5.41, 5.74) is 24.2. The maximum Gasteiger partial charge on any atom is 0.394 e. The summed E-state index contributed by atoms with van der Waals surface area (Å²) in [6.45, 7) is 0. The van der Waals surface area contributed by atoms with E-state index in [0.717, 1.165) is 0 Å². The molecule has 16 nitrogen and oxygen atoms in total. The fraction of sp³-hybridized carbons (Fsp3) is 0. The van der Waals surface area contributed by atoms with Gasteiger partial charge in [-0.25, -0.2) is 0 Å². The summed E-state index contributed by atoms with van der Waals surface area (Å²) in [5, 5.41) is 0. The fourth-order valence-corrected chi connectivity index (χ4v) is 1.02. The van der Waals surface area contributed by atoms with E-state index >= 15 is 0 Å². The average molecular weight is 511 g/mol. The van der Waals surface area contributed by atoms with Gasteiger partial charge >= 0.3 is 31.2 Å². The minimum absolute atomic E-state index is 0.646. The molecule has 0 atom stereocenters. The summed E-state index contributed by atoms with van der Waals surface area (Å²) in [7, 11) is -14.0. The first kappa shape index (κ1) is 32.9. The van der Waals surface area contributed by atoms with E-state index in [2.05, 4.69) is 0 Å². The average Bonchev–Trinajstić information content (AvgIpc) is 2.49. The molecule has 180 valence electrons. The number of benzene rings is 2. The van der Waals surface area contributed by atoms with Crippen molar-refractivity contribution in [3.05, 3.63) is 48.5 Å². The molecule has 0 unspecified atom stereocenters. The number of rotatable bonds is 0. The molecule has 0 radical (unpaired) electrons. The molecule has 0 amide bonds. The zero-order chi connectivity index (χ0) is 25.5. The maximum absolute atomic E-state index is 8.74. The predicted octanol–water partition coefficient (Wildman–Crippen LogP) is -0.256. The van der Waals surface area contributed by atoms with E-state index in [1.54, 1.807) is 24.3 Å². The van der Waals surface area contributed by atoms with Crippen LogP contribution in [0, 0.1) is 0 Å². The van der Waals surface area contributed by atoms with Gasteiger partial charge in [0.2, 0.25) is 0 Å². The Morgan fingerprint density at radius 1 is 0.419 bits per heavy atom. The Bertz CT molecular complexity index is 908. The van der Waals surface area contributed by atoms with Gasteiger partial charge in [0, 0.05) is 0 Å². The molecule has 2 rings (SSSR count). The van der Waals surface area contributed by atoms with Crippen LogP contribution in [0.5, 0.6) is 0 Å². The van der Waals surface area contributed by atoms with E-state index in [0.29, 0.717) is 22.7 Å². The Hall–Kier alpha value is -2.75. The zero-order valence-electron chi connectivity index (χ0n) is 15.3. The van der Waals surface area contributed by atoms with Crippen LogP contribution in [0.1, 0.15) is 0 Å². The van der Waals surface area contributed by atoms with Crippen LogP contribution in [0.2, 0.25) is 0 Å². The van der Waals surface area contributed by atoms with Crippen molar-refractivity contribution < 1.29 is 52.6 Å². The largest absolute Gasteiger partial charge is 0.397 e. The highest BCUT2D eigenvalue weighted by Crippen LogP contribution is 2.11. The van der Waals surface area contributed by atoms with Crippen LogP contribution in [0.25, 0.3) is 0 Å². The Kier molecular flexibility index (Phi) is 16.0. The summed E-state index contributed by atoms with van der Waals surface area (Å²) >= 11 is 0. The summed E-state index contributed by atoms with van der Waals surface area (Å²) < 4.78 is 94.8. The lowest BCUT2D eigenvalue weighted by atomic mass is 10.3. The molecule has 0 aliphatic rings. The molecule has 0 aliphatic carbocycles. The molecule has 31 heavy (non-hydrogen) atoms. The highest BCUT2D eigenvalue weighted by molar-refractivity contribution is 7.80. The molecular weight excluding hydrogens is 488 g/mol. The zero-order valence-corrected chi connectivity index (χ0v) is 17.7. The number of hydrogen-bond acceptors (Lipinski definition) is 10. The van der Waals surface area contributed by atoms with Gasteiger partial charge in [0.25, 0.3) is 0 Å². The first-order chi connectivity index (χ1) is 13.6. The van der Waals surface area contributed by atoms with Crippen molar-refractivity contribution in [1.82, 2.24) is 0 Å². The molecule has 0 saturated heterocycles. The van der Waals surface area contributed by atoms with E-state index in [9.17, 15) is 0 Å². The molecule has 0 fully saturated rings. The Balaban J connectivity index is -0.000000324. The molecule has 0 bridgehead atoms. The van der Waals surface area contributed by atoms with Gasteiger partial charge in [0.05, 0.1) is 22.7 Å². The Morgan fingerprint density at radius 3 is 0.581 bits per heavy atom. The second-order valence-electron chi connectivity index (χ2n) is 4.60. The summed E-state index contributed by atoms with van der Waals surface area (Å²) in [6, 6.07) is 14.5. The van der Waals surface area contributed by atoms with Gasteiger partial charge in [0.1, 0.15) is 0 Å². The van der Waals surface area contributed by atoms with E-state index < -0.39 is 31.2 Å². The number of nitrogens with two attached hydrogens (primary N) is 4. The van der Waals surface area contributed by atoms with Crippen molar-refractivity contribution >= 4 is 53.9 Å². The Labute approximate surface area is 178 Å². The summed E-state index contributed by atoms with van der Waals surface area (Å²) in [6.07, 6.45) is 0. The molecule has 0 heterocycles. The van der Waals surface area contributed by atoms with Crippen molar-refractivity contribution in [2.24, 2.45) is 0 Å². The first-order valence-corrected chi connectivity index (χ1v) is 11.1. The minimum Gasteiger partial charge on any atom is -0.397 e. The van der Waals surface area contributed by atoms with Crippen LogP contribution >= 0.6 is 0 Å². The smallest absolute Gasteiger partial charge is 0.394 e. The first-order valence-electron chi connectivity index (χ1n) is 6.90. The van der Waals surface area contributed by atoms with Crippen LogP contribution in [0.15, 0.2) is 48.5 Å². The second kappa shape index (κ2) is 15.1. The normalized spacial score (nSPS) is 10.3. The lowest BCUT2D eigenvalue weighted by Gasteiger charge is -1.94. The number of hydrogen-bond donors (Lipinski definition) is 10. The van der Waals surface area contributed by atoms with Gasteiger partial charge in [0.15, 0.2) is 0 Å². The molecule has 0 aliphatic heterocycles. The summed E-state index contributed by atoms with van der Waals surface area (Å²) in [4.78, 5) is 0. The predicted molar refractivity (Wildman–Crippen MR) is 113 cm³/mol. The van der Waals surface area contributed by atoms with Crippen molar-refractivity contribution in [3.8, 4) is 0 Å². The third kappa shape index (κ3) is 46.9.